The van der Waals surface area contributed by atoms with Crippen molar-refractivity contribution in [2.45, 2.75) is 39.5 Å². The molecule has 0 bridgehead atoms. The average molecular weight is 294 g/mol. The number of aryl methyl sites for hydroxylation is 1. The van der Waals surface area contributed by atoms with Crippen molar-refractivity contribution in [1.82, 2.24) is 4.98 Å². The maximum Gasteiger partial charge on any atom is 0.328 e. The first-order valence-corrected chi connectivity index (χ1v) is 8.07. The minimum atomic E-state index is -0.908. The van der Waals surface area contributed by atoms with E-state index in [1.807, 2.05) is 0 Å². The van der Waals surface area contributed by atoms with Gasteiger partial charge in [-0.1, -0.05) is 31.6 Å². The molecule has 1 aromatic rings. The van der Waals surface area contributed by atoms with Gasteiger partial charge in [-0.25, -0.2) is 9.78 Å². The van der Waals surface area contributed by atoms with Gasteiger partial charge >= 0.3 is 5.97 Å². The number of anilines is 1. The Morgan fingerprint density at radius 1 is 1.50 bits per heavy atom. The van der Waals surface area contributed by atoms with E-state index < -0.39 is 5.97 Å². The fourth-order valence-electron chi connectivity index (χ4n) is 2.38. The average Bonchev–Trinajstić information content (AvgIpc) is 2.81. The van der Waals surface area contributed by atoms with Gasteiger partial charge in [0.15, 0.2) is 5.13 Å². The molecule has 0 unspecified atom stereocenters. The van der Waals surface area contributed by atoms with E-state index in [1.54, 1.807) is 17.4 Å². The summed E-state index contributed by atoms with van der Waals surface area (Å²) in [6.07, 6.45) is 7.23. The summed E-state index contributed by atoms with van der Waals surface area (Å²) in [5.74, 6) is -0.109. The van der Waals surface area contributed by atoms with Crippen LogP contribution in [0.15, 0.2) is 6.08 Å². The van der Waals surface area contributed by atoms with Gasteiger partial charge in [-0.2, -0.15) is 0 Å². The lowest BCUT2D eigenvalue weighted by atomic mass is 10.00. The smallest absolute Gasteiger partial charge is 0.328 e. The number of carboxylic acids is 1. The van der Waals surface area contributed by atoms with Crippen molar-refractivity contribution >= 4 is 28.5 Å². The Bertz CT molecular complexity index is 488. The second-order valence-corrected chi connectivity index (χ2v) is 6.41. The minimum absolute atomic E-state index is 0.799. The molecule has 0 spiro atoms. The zero-order chi connectivity index (χ0) is 14.5. The van der Waals surface area contributed by atoms with Crippen LogP contribution in [0.2, 0.25) is 0 Å². The number of thiazole rings is 1. The van der Waals surface area contributed by atoms with Gasteiger partial charge in [-0.15, -0.1) is 0 Å². The highest BCUT2D eigenvalue weighted by molar-refractivity contribution is 7.16. The van der Waals surface area contributed by atoms with Crippen LogP contribution in [0.5, 0.6) is 0 Å². The molecular formula is C15H22N2O2S. The number of nitrogens with zero attached hydrogens (tertiary/aromatic N) is 2. The monoisotopic (exact) mass is 294 g/mol. The molecule has 2 heterocycles. The molecule has 110 valence electrons. The van der Waals surface area contributed by atoms with E-state index in [2.05, 4.69) is 18.7 Å². The number of piperidine rings is 1. The van der Waals surface area contributed by atoms with Gasteiger partial charge in [0.25, 0.3) is 0 Å². The van der Waals surface area contributed by atoms with E-state index in [-0.39, 0.29) is 0 Å². The topological polar surface area (TPSA) is 53.4 Å². The maximum absolute atomic E-state index is 10.7. The Kier molecular flexibility index (Phi) is 5.17. The molecule has 0 saturated carbocycles. The molecule has 4 nitrogen and oxygen atoms in total. The fourth-order valence-corrected chi connectivity index (χ4v) is 3.44. The molecule has 0 radical (unpaired) electrons. The lowest BCUT2D eigenvalue weighted by Gasteiger charge is -2.29. The van der Waals surface area contributed by atoms with E-state index in [0.29, 0.717) is 0 Å². The first-order valence-electron chi connectivity index (χ1n) is 7.25. The first kappa shape index (κ1) is 15.0. The zero-order valence-corrected chi connectivity index (χ0v) is 12.9. The normalized spacial score (nSPS) is 17.0. The zero-order valence-electron chi connectivity index (χ0n) is 12.1. The van der Waals surface area contributed by atoms with Crippen molar-refractivity contribution in [3.8, 4) is 0 Å². The number of hydrogen-bond acceptors (Lipinski definition) is 4. The molecule has 5 heteroatoms. The summed E-state index contributed by atoms with van der Waals surface area (Å²) < 4.78 is 0. The highest BCUT2D eigenvalue weighted by Gasteiger charge is 2.20. The van der Waals surface area contributed by atoms with Crippen molar-refractivity contribution in [2.24, 2.45) is 5.92 Å². The first-order chi connectivity index (χ1) is 9.60. The predicted octanol–water partition coefficient (Wildman–Crippen LogP) is 3.43. The summed E-state index contributed by atoms with van der Waals surface area (Å²) in [4.78, 5) is 18.7. The fraction of sp³-hybridized carbons (Fsp3) is 0.600. The molecule has 0 aromatic carbocycles. The van der Waals surface area contributed by atoms with E-state index in [9.17, 15) is 4.79 Å². The summed E-state index contributed by atoms with van der Waals surface area (Å²) in [6.45, 7) is 6.53. The van der Waals surface area contributed by atoms with Gasteiger partial charge in [0.2, 0.25) is 0 Å². The van der Waals surface area contributed by atoms with Crippen LogP contribution >= 0.6 is 11.3 Å². The Morgan fingerprint density at radius 2 is 2.20 bits per heavy atom. The van der Waals surface area contributed by atoms with Gasteiger partial charge < -0.3 is 10.0 Å². The molecule has 2 rings (SSSR count). The Labute approximate surface area is 124 Å². The van der Waals surface area contributed by atoms with Crippen LogP contribution in [-0.4, -0.2) is 29.1 Å². The quantitative estimate of drug-likeness (QED) is 0.845. The minimum Gasteiger partial charge on any atom is -0.478 e. The van der Waals surface area contributed by atoms with E-state index in [0.717, 1.165) is 47.6 Å². The number of carbonyl (C=O) groups is 1. The number of aromatic nitrogens is 1. The lowest BCUT2D eigenvalue weighted by Crippen LogP contribution is -2.32. The summed E-state index contributed by atoms with van der Waals surface area (Å²) in [5, 5.41) is 9.81. The summed E-state index contributed by atoms with van der Waals surface area (Å²) in [6, 6.07) is 0. The molecular weight excluding hydrogens is 272 g/mol. The molecule has 1 aliphatic heterocycles. The number of hydrogen-bond donors (Lipinski definition) is 1. The second kappa shape index (κ2) is 6.88. The largest absolute Gasteiger partial charge is 0.478 e. The van der Waals surface area contributed by atoms with Crippen molar-refractivity contribution in [3.63, 3.8) is 0 Å². The molecule has 20 heavy (non-hydrogen) atoms. The van der Waals surface area contributed by atoms with E-state index in [4.69, 9.17) is 10.1 Å². The highest BCUT2D eigenvalue weighted by atomic mass is 32.1. The van der Waals surface area contributed by atoms with Crippen LogP contribution in [0.1, 0.15) is 43.7 Å². The van der Waals surface area contributed by atoms with E-state index in [1.165, 1.54) is 18.9 Å². The molecule has 1 fully saturated rings. The Balaban J connectivity index is 2.17. The van der Waals surface area contributed by atoms with Crippen molar-refractivity contribution in [1.29, 1.82) is 0 Å². The summed E-state index contributed by atoms with van der Waals surface area (Å²) in [7, 11) is 0. The van der Waals surface area contributed by atoms with Crippen LogP contribution < -0.4 is 4.90 Å². The van der Waals surface area contributed by atoms with Crippen LogP contribution in [0, 0.1) is 5.92 Å². The SMILES string of the molecule is CCCc1nc(N2CCC(C)CC2)sc1/C=C/C(=O)O. The highest BCUT2D eigenvalue weighted by Crippen LogP contribution is 2.31. The third-order valence-corrected chi connectivity index (χ3v) is 4.76. The van der Waals surface area contributed by atoms with Gasteiger partial charge in [-0.3, -0.25) is 0 Å². The summed E-state index contributed by atoms with van der Waals surface area (Å²) in [5.41, 5.74) is 1.03. The van der Waals surface area contributed by atoms with Crippen molar-refractivity contribution in [2.75, 3.05) is 18.0 Å². The van der Waals surface area contributed by atoms with Crippen molar-refractivity contribution < 1.29 is 9.90 Å². The third-order valence-electron chi connectivity index (χ3n) is 3.63. The van der Waals surface area contributed by atoms with Crippen molar-refractivity contribution in [3.05, 3.63) is 16.6 Å². The molecule has 1 aromatic heterocycles. The Hall–Kier alpha value is -1.36. The van der Waals surface area contributed by atoms with Crippen LogP contribution in [0.4, 0.5) is 5.13 Å². The predicted molar refractivity (Wildman–Crippen MR) is 83.4 cm³/mol. The molecule has 1 saturated heterocycles. The van der Waals surface area contributed by atoms with Crippen LogP contribution in [0.25, 0.3) is 6.08 Å². The molecule has 1 N–H and O–H groups in total. The molecule has 1 aliphatic rings. The van der Waals surface area contributed by atoms with E-state index >= 15 is 0 Å². The number of aliphatic carboxylic acids is 1. The lowest BCUT2D eigenvalue weighted by molar-refractivity contribution is -0.131. The summed E-state index contributed by atoms with van der Waals surface area (Å²) >= 11 is 1.61. The molecule has 0 atom stereocenters. The van der Waals surface area contributed by atoms with Crippen LogP contribution in [-0.2, 0) is 11.2 Å². The third kappa shape index (κ3) is 3.82. The Morgan fingerprint density at radius 3 is 2.80 bits per heavy atom. The maximum atomic E-state index is 10.7. The second-order valence-electron chi connectivity index (χ2n) is 5.40. The van der Waals surface area contributed by atoms with Gasteiger partial charge in [0.05, 0.1) is 10.6 Å². The standard InChI is InChI=1S/C15H22N2O2S/c1-3-4-12-13(5-6-14(18)19)20-15(16-12)17-9-7-11(2)8-10-17/h5-6,11H,3-4,7-10H2,1-2H3,(H,18,19)/b6-5+. The number of carboxylic acid groups (broad SMARTS) is 1. The molecule has 0 amide bonds. The van der Waals surface area contributed by atoms with Gasteiger partial charge in [0.1, 0.15) is 0 Å². The molecule has 0 aliphatic carbocycles. The van der Waals surface area contributed by atoms with Crippen LogP contribution in [0.3, 0.4) is 0 Å². The van der Waals surface area contributed by atoms with Gasteiger partial charge in [0, 0.05) is 19.2 Å². The van der Waals surface area contributed by atoms with Gasteiger partial charge in [-0.05, 0) is 31.3 Å². The number of rotatable bonds is 5.